The molecule has 0 spiro atoms. The second-order valence-electron chi connectivity index (χ2n) is 4.76. The number of benzene rings is 1. The number of hydrogen-bond donors (Lipinski definition) is 1. The van der Waals surface area contributed by atoms with Gasteiger partial charge in [-0.2, -0.15) is 0 Å². The molecule has 0 bridgehead atoms. The summed E-state index contributed by atoms with van der Waals surface area (Å²) in [6.45, 7) is 4.22. The minimum Gasteiger partial charge on any atom is -0.493 e. The van der Waals surface area contributed by atoms with Gasteiger partial charge in [-0.3, -0.25) is 0 Å². The Morgan fingerprint density at radius 2 is 1.85 bits per heavy atom. The number of rotatable bonds is 7. The van der Waals surface area contributed by atoms with Crippen LogP contribution in [0.2, 0.25) is 0 Å². The molecule has 0 saturated carbocycles. The van der Waals surface area contributed by atoms with Crippen molar-refractivity contribution in [2.24, 2.45) is 5.73 Å². The maximum Gasteiger partial charge on any atom is 0.203 e. The van der Waals surface area contributed by atoms with Crippen molar-refractivity contribution in [1.29, 1.82) is 0 Å². The van der Waals surface area contributed by atoms with Gasteiger partial charge in [0, 0.05) is 11.6 Å². The first-order valence-corrected chi connectivity index (χ1v) is 6.84. The third kappa shape index (κ3) is 4.62. The average molecular weight is 300 g/mol. The second kappa shape index (κ2) is 8.02. The highest BCUT2D eigenvalue weighted by Crippen LogP contribution is 2.39. The van der Waals surface area contributed by atoms with Crippen molar-refractivity contribution in [2.75, 3.05) is 20.8 Å². The summed E-state index contributed by atoms with van der Waals surface area (Å²) >= 11 is 5.63. The van der Waals surface area contributed by atoms with E-state index in [0.717, 1.165) is 17.6 Å². The van der Waals surface area contributed by atoms with Crippen molar-refractivity contribution < 1.29 is 14.2 Å². The largest absolute Gasteiger partial charge is 0.493 e. The van der Waals surface area contributed by atoms with Gasteiger partial charge in [0.25, 0.3) is 0 Å². The van der Waals surface area contributed by atoms with E-state index in [2.05, 4.69) is 0 Å². The van der Waals surface area contributed by atoms with Gasteiger partial charge in [0.2, 0.25) is 5.75 Å². The maximum absolute atomic E-state index is 5.83. The van der Waals surface area contributed by atoms with Crippen LogP contribution in [0.5, 0.6) is 17.2 Å². The van der Waals surface area contributed by atoms with Crippen LogP contribution in [0, 0.1) is 0 Å². The summed E-state index contributed by atoms with van der Waals surface area (Å²) < 4.78 is 16.5. The van der Waals surface area contributed by atoms with E-state index in [1.807, 2.05) is 26.0 Å². The first kappa shape index (κ1) is 16.7. The lowest BCUT2D eigenvalue weighted by atomic mass is 10.1. The molecule has 1 aromatic carbocycles. The van der Waals surface area contributed by atoms with Gasteiger partial charge < -0.3 is 19.9 Å². The lowest BCUT2D eigenvalue weighted by Gasteiger charge is -2.17. The Labute approximate surface area is 125 Å². The molecular weight excluding hydrogens is 278 g/mol. The number of nitrogens with two attached hydrogens (primary N) is 1. The number of halogens is 1. The molecule has 0 aliphatic carbocycles. The minimum atomic E-state index is 0.0672. The monoisotopic (exact) mass is 299 g/mol. The minimum absolute atomic E-state index is 0.0672. The van der Waals surface area contributed by atoms with Gasteiger partial charge in [-0.1, -0.05) is 11.6 Å². The van der Waals surface area contributed by atoms with Crippen molar-refractivity contribution in [3.8, 4) is 17.2 Å². The quantitative estimate of drug-likeness (QED) is 0.840. The number of hydrogen-bond acceptors (Lipinski definition) is 4. The van der Waals surface area contributed by atoms with Gasteiger partial charge in [-0.05, 0) is 43.5 Å². The van der Waals surface area contributed by atoms with E-state index in [0.29, 0.717) is 23.9 Å². The molecule has 1 rings (SSSR count). The highest BCUT2D eigenvalue weighted by molar-refractivity contribution is 6.25. The summed E-state index contributed by atoms with van der Waals surface area (Å²) in [7, 11) is 3.20. The summed E-state index contributed by atoms with van der Waals surface area (Å²) in [5, 5.41) is 0. The van der Waals surface area contributed by atoms with Gasteiger partial charge in [0.1, 0.15) is 6.61 Å². The summed E-state index contributed by atoms with van der Waals surface area (Å²) in [5.41, 5.74) is 9.28. The Balaban J connectivity index is 3.08. The van der Waals surface area contributed by atoms with Crippen molar-refractivity contribution in [3.63, 3.8) is 0 Å². The molecule has 1 aromatic rings. The van der Waals surface area contributed by atoms with Crippen LogP contribution in [0.4, 0.5) is 0 Å². The van der Waals surface area contributed by atoms with Crippen LogP contribution < -0.4 is 19.9 Å². The Morgan fingerprint density at radius 3 is 2.25 bits per heavy atom. The number of ether oxygens (including phenoxy) is 3. The first-order chi connectivity index (χ1) is 9.51. The predicted octanol–water partition coefficient (Wildman–Crippen LogP) is 3.11. The molecule has 5 heteroatoms. The van der Waals surface area contributed by atoms with Gasteiger partial charge in [-0.25, -0.2) is 0 Å². The molecule has 0 radical (unpaired) electrons. The van der Waals surface area contributed by atoms with E-state index < -0.39 is 0 Å². The van der Waals surface area contributed by atoms with Gasteiger partial charge in [0.05, 0.1) is 14.2 Å². The maximum atomic E-state index is 5.83. The van der Waals surface area contributed by atoms with E-state index >= 15 is 0 Å². The zero-order chi connectivity index (χ0) is 15.1. The van der Waals surface area contributed by atoms with Crippen LogP contribution in [-0.4, -0.2) is 26.9 Å². The zero-order valence-corrected chi connectivity index (χ0v) is 13.2. The molecule has 20 heavy (non-hydrogen) atoms. The van der Waals surface area contributed by atoms with E-state index in [1.54, 1.807) is 14.2 Å². The van der Waals surface area contributed by atoms with Crippen molar-refractivity contribution in [2.45, 2.75) is 26.3 Å². The van der Waals surface area contributed by atoms with E-state index in [1.165, 1.54) is 5.54 Å². The fourth-order valence-electron chi connectivity index (χ4n) is 1.78. The normalized spacial score (nSPS) is 13.0. The average Bonchev–Trinajstić information content (AvgIpc) is 2.43. The smallest absolute Gasteiger partial charge is 0.203 e. The Hall–Kier alpha value is -1.39. The molecule has 0 aromatic heterocycles. The molecule has 0 amide bonds. The third-order valence-electron chi connectivity index (χ3n) is 2.71. The molecule has 112 valence electrons. The van der Waals surface area contributed by atoms with Crippen molar-refractivity contribution >= 4 is 11.6 Å². The van der Waals surface area contributed by atoms with Crippen LogP contribution >= 0.6 is 11.6 Å². The molecule has 2 N–H and O–H groups in total. The molecule has 4 nitrogen and oxygen atoms in total. The Morgan fingerprint density at radius 1 is 1.30 bits per heavy atom. The first-order valence-electron chi connectivity index (χ1n) is 6.41. The molecule has 0 heterocycles. The molecule has 1 atom stereocenters. The van der Waals surface area contributed by atoms with Crippen molar-refractivity contribution in [3.05, 3.63) is 28.8 Å². The van der Waals surface area contributed by atoms with Crippen LogP contribution in [-0.2, 0) is 6.42 Å². The topological polar surface area (TPSA) is 53.7 Å². The molecule has 0 saturated heterocycles. The molecule has 1 unspecified atom stereocenters. The predicted molar refractivity (Wildman–Crippen MR) is 82.0 cm³/mol. The van der Waals surface area contributed by atoms with Gasteiger partial charge in [-0.15, -0.1) is 0 Å². The molecular formula is C15H22ClNO3. The second-order valence-corrected chi connectivity index (χ2v) is 4.97. The van der Waals surface area contributed by atoms with Crippen molar-refractivity contribution in [1.82, 2.24) is 0 Å². The fourth-order valence-corrected chi connectivity index (χ4v) is 1.85. The standard InChI is InChI=1S/C15H22ClNO3/c1-10(8-16)9-20-15-13(18-3)6-12(5-11(2)17)7-14(15)19-4/h6-8,11H,5,9,17H2,1-4H3/b10-8+. The van der Waals surface area contributed by atoms with E-state index in [4.69, 9.17) is 31.5 Å². The highest BCUT2D eigenvalue weighted by Gasteiger charge is 2.15. The summed E-state index contributed by atoms with van der Waals surface area (Å²) in [6.07, 6.45) is 0.744. The van der Waals surface area contributed by atoms with E-state index in [9.17, 15) is 0 Å². The van der Waals surface area contributed by atoms with E-state index in [-0.39, 0.29) is 6.04 Å². The SMILES string of the molecule is COc1cc(CC(C)N)cc(OC)c1OC/C(C)=C/Cl. The lowest BCUT2D eigenvalue weighted by Crippen LogP contribution is -2.17. The summed E-state index contributed by atoms with van der Waals surface area (Å²) in [5.74, 6) is 1.83. The molecule has 0 aliphatic rings. The van der Waals surface area contributed by atoms with Gasteiger partial charge in [0.15, 0.2) is 11.5 Å². The van der Waals surface area contributed by atoms with Gasteiger partial charge >= 0.3 is 0 Å². The fraction of sp³-hybridized carbons (Fsp3) is 0.467. The Kier molecular flexibility index (Phi) is 6.68. The summed E-state index contributed by atoms with van der Waals surface area (Å²) in [6, 6.07) is 3.90. The summed E-state index contributed by atoms with van der Waals surface area (Å²) in [4.78, 5) is 0. The number of methoxy groups -OCH3 is 2. The molecule has 0 fully saturated rings. The zero-order valence-electron chi connectivity index (χ0n) is 12.4. The third-order valence-corrected chi connectivity index (χ3v) is 3.08. The van der Waals surface area contributed by atoms with Crippen LogP contribution in [0.15, 0.2) is 23.2 Å². The van der Waals surface area contributed by atoms with Crippen LogP contribution in [0.1, 0.15) is 19.4 Å². The van der Waals surface area contributed by atoms with Crippen LogP contribution in [0.25, 0.3) is 0 Å². The lowest BCUT2D eigenvalue weighted by molar-refractivity contribution is 0.295. The Bertz CT molecular complexity index is 447. The molecule has 0 aliphatic heterocycles. The highest BCUT2D eigenvalue weighted by atomic mass is 35.5. The van der Waals surface area contributed by atoms with Crippen LogP contribution in [0.3, 0.4) is 0 Å².